The molecule has 0 bridgehead atoms. The molecule has 0 aliphatic carbocycles. The summed E-state index contributed by atoms with van der Waals surface area (Å²) in [4.78, 5) is 27.9. The Morgan fingerprint density at radius 2 is 1.84 bits per heavy atom. The predicted molar refractivity (Wildman–Crippen MR) is 132 cm³/mol. The van der Waals surface area contributed by atoms with E-state index in [4.69, 9.17) is 16.3 Å². The monoisotopic (exact) mass is 569 g/mol. The molecule has 0 atom stereocenters. The van der Waals surface area contributed by atoms with Gasteiger partial charge in [-0.2, -0.15) is 0 Å². The Balaban J connectivity index is 1.66. The molecule has 1 N–H and O–H groups in total. The number of rotatable bonds is 5. The van der Waals surface area contributed by atoms with Crippen LogP contribution in [0.4, 0.5) is 11.4 Å². The minimum atomic E-state index is -0.281. The van der Waals surface area contributed by atoms with E-state index in [9.17, 15) is 9.59 Å². The number of piperazine rings is 1. The Kier molecular flexibility index (Phi) is 8.02. The number of nitrogens with zero attached hydrogens (tertiary/aromatic N) is 2. The van der Waals surface area contributed by atoms with Crippen LogP contribution in [0.5, 0.6) is 5.75 Å². The summed E-state index contributed by atoms with van der Waals surface area (Å²) in [5.74, 6) is 0.450. The Bertz CT molecular complexity index is 1020. The highest BCUT2D eigenvalue weighted by molar-refractivity contribution is 9.11. The molecular formula is C22H22Br2ClN3O3. The van der Waals surface area contributed by atoms with E-state index < -0.39 is 0 Å². The molecule has 0 radical (unpaired) electrons. The zero-order valence-electron chi connectivity index (χ0n) is 17.1. The zero-order chi connectivity index (χ0) is 22.5. The Morgan fingerprint density at radius 1 is 1.13 bits per heavy atom. The summed E-state index contributed by atoms with van der Waals surface area (Å²) in [5, 5.41) is 3.38. The van der Waals surface area contributed by atoms with E-state index in [0.29, 0.717) is 29.5 Å². The Morgan fingerprint density at radius 3 is 2.45 bits per heavy atom. The normalized spacial score (nSPS) is 14.1. The number of carbonyl (C=O) groups excluding carboxylic acids is 2. The Labute approximate surface area is 203 Å². The molecule has 0 unspecified atom stereocenters. The van der Waals surface area contributed by atoms with Gasteiger partial charge in [-0.3, -0.25) is 9.59 Å². The number of carbonyl (C=O) groups is 2. The molecule has 0 spiro atoms. The van der Waals surface area contributed by atoms with Gasteiger partial charge in [0, 0.05) is 54.9 Å². The van der Waals surface area contributed by atoms with Gasteiger partial charge in [-0.1, -0.05) is 27.5 Å². The van der Waals surface area contributed by atoms with Gasteiger partial charge in [0.2, 0.25) is 11.8 Å². The second-order valence-electron chi connectivity index (χ2n) is 6.99. The van der Waals surface area contributed by atoms with Crippen molar-refractivity contribution >= 4 is 72.7 Å². The van der Waals surface area contributed by atoms with Gasteiger partial charge in [0.15, 0.2) is 0 Å². The molecule has 2 amide bonds. The summed E-state index contributed by atoms with van der Waals surface area (Å²) in [7, 11) is 1.58. The van der Waals surface area contributed by atoms with Crippen molar-refractivity contribution in [2.75, 3.05) is 43.5 Å². The standard InChI is InChI=1S/C22H22Br2ClN3O3/c1-14(29)27-7-9-28(10-8-27)20-5-4-17(13-19(20)25)26-21(30)6-3-15-11-16(23)12-18(24)22(15)31-2/h3-6,11-13H,7-10H2,1-2H3,(H,26,30)/b6-3+. The fourth-order valence-electron chi connectivity index (χ4n) is 3.37. The molecule has 164 valence electrons. The number of ether oxygens (including phenoxy) is 1. The number of anilines is 2. The van der Waals surface area contributed by atoms with Gasteiger partial charge in [0.05, 0.1) is 22.3 Å². The highest BCUT2D eigenvalue weighted by atomic mass is 79.9. The van der Waals surface area contributed by atoms with Crippen molar-refractivity contribution in [2.24, 2.45) is 0 Å². The molecule has 9 heteroatoms. The van der Waals surface area contributed by atoms with Gasteiger partial charge >= 0.3 is 0 Å². The molecule has 0 saturated carbocycles. The Hall–Kier alpha value is -2.03. The lowest BCUT2D eigenvalue weighted by Crippen LogP contribution is -2.48. The van der Waals surface area contributed by atoms with Gasteiger partial charge in [0.1, 0.15) is 5.75 Å². The van der Waals surface area contributed by atoms with E-state index in [0.717, 1.165) is 33.3 Å². The van der Waals surface area contributed by atoms with Crippen LogP contribution in [0.2, 0.25) is 5.02 Å². The van der Waals surface area contributed by atoms with E-state index in [1.807, 2.05) is 29.2 Å². The topological polar surface area (TPSA) is 61.9 Å². The van der Waals surface area contributed by atoms with Crippen LogP contribution in [0, 0.1) is 0 Å². The third-order valence-electron chi connectivity index (χ3n) is 4.94. The molecule has 3 rings (SSSR count). The van der Waals surface area contributed by atoms with E-state index in [1.165, 1.54) is 6.08 Å². The number of nitrogens with one attached hydrogen (secondary N) is 1. The van der Waals surface area contributed by atoms with E-state index >= 15 is 0 Å². The lowest BCUT2D eigenvalue weighted by molar-refractivity contribution is -0.129. The molecule has 1 aliphatic heterocycles. The van der Waals surface area contributed by atoms with Gasteiger partial charge in [-0.25, -0.2) is 0 Å². The van der Waals surface area contributed by atoms with Crippen LogP contribution in [-0.4, -0.2) is 50.0 Å². The number of hydrogen-bond acceptors (Lipinski definition) is 4. The van der Waals surface area contributed by atoms with Crippen molar-refractivity contribution in [1.82, 2.24) is 4.90 Å². The van der Waals surface area contributed by atoms with Gasteiger partial charge in [-0.05, 0) is 52.3 Å². The molecule has 1 fully saturated rings. The first kappa shape index (κ1) is 23.6. The number of hydrogen-bond donors (Lipinski definition) is 1. The fraction of sp³-hybridized carbons (Fsp3) is 0.273. The molecule has 2 aromatic rings. The second kappa shape index (κ2) is 10.5. The molecule has 2 aromatic carbocycles. The average Bonchev–Trinajstić information content (AvgIpc) is 2.72. The van der Waals surface area contributed by atoms with Crippen molar-refractivity contribution in [2.45, 2.75) is 6.92 Å². The first-order chi connectivity index (χ1) is 14.8. The van der Waals surface area contributed by atoms with Crippen LogP contribution in [0.1, 0.15) is 12.5 Å². The van der Waals surface area contributed by atoms with Crippen molar-refractivity contribution in [3.63, 3.8) is 0 Å². The maximum atomic E-state index is 12.4. The third-order valence-corrected chi connectivity index (χ3v) is 6.29. The van der Waals surface area contributed by atoms with E-state index in [1.54, 1.807) is 26.2 Å². The summed E-state index contributed by atoms with van der Waals surface area (Å²) in [6.07, 6.45) is 3.13. The van der Waals surface area contributed by atoms with E-state index in [-0.39, 0.29) is 11.8 Å². The summed E-state index contributed by atoms with van der Waals surface area (Å²) < 4.78 is 7.05. The quantitative estimate of drug-likeness (QED) is 0.502. The number of benzene rings is 2. The van der Waals surface area contributed by atoms with Crippen LogP contribution in [0.25, 0.3) is 6.08 Å². The molecule has 1 heterocycles. The first-order valence-corrected chi connectivity index (χ1v) is 11.6. The van der Waals surface area contributed by atoms with Crippen LogP contribution >= 0.6 is 43.5 Å². The number of methoxy groups -OCH3 is 1. The maximum Gasteiger partial charge on any atom is 0.248 e. The van der Waals surface area contributed by atoms with Crippen LogP contribution in [-0.2, 0) is 9.59 Å². The SMILES string of the molecule is COc1c(Br)cc(Br)cc1/C=C/C(=O)Nc1ccc(N2CCN(C(C)=O)CC2)c(Cl)c1. The molecule has 6 nitrogen and oxygen atoms in total. The van der Waals surface area contributed by atoms with Crippen LogP contribution < -0.4 is 15.0 Å². The smallest absolute Gasteiger partial charge is 0.248 e. The molecule has 1 saturated heterocycles. The van der Waals surface area contributed by atoms with Crippen molar-refractivity contribution in [3.8, 4) is 5.75 Å². The summed E-state index contributed by atoms with van der Waals surface area (Å²) in [6, 6.07) is 9.18. The van der Waals surface area contributed by atoms with Crippen LogP contribution in [0.3, 0.4) is 0 Å². The lowest BCUT2D eigenvalue weighted by Gasteiger charge is -2.36. The van der Waals surface area contributed by atoms with Gasteiger partial charge in [0.25, 0.3) is 0 Å². The van der Waals surface area contributed by atoms with E-state index in [2.05, 4.69) is 42.1 Å². The van der Waals surface area contributed by atoms with Crippen molar-refractivity contribution < 1.29 is 14.3 Å². The fourth-order valence-corrected chi connectivity index (χ4v) is 5.09. The molecule has 1 aliphatic rings. The van der Waals surface area contributed by atoms with Gasteiger partial charge in [-0.15, -0.1) is 0 Å². The minimum Gasteiger partial charge on any atom is -0.495 e. The highest BCUT2D eigenvalue weighted by Gasteiger charge is 2.20. The number of halogens is 3. The van der Waals surface area contributed by atoms with Gasteiger partial charge < -0.3 is 19.9 Å². The summed E-state index contributed by atoms with van der Waals surface area (Å²) in [5.41, 5.74) is 2.26. The summed E-state index contributed by atoms with van der Waals surface area (Å²) in [6.45, 7) is 4.36. The highest BCUT2D eigenvalue weighted by Crippen LogP contribution is 2.33. The largest absolute Gasteiger partial charge is 0.495 e. The molecular weight excluding hydrogens is 550 g/mol. The third kappa shape index (κ3) is 6.02. The average molecular weight is 572 g/mol. The summed E-state index contributed by atoms with van der Waals surface area (Å²) >= 11 is 13.4. The molecule has 0 aromatic heterocycles. The number of amides is 2. The van der Waals surface area contributed by atoms with Crippen LogP contribution in [0.15, 0.2) is 45.4 Å². The first-order valence-electron chi connectivity index (χ1n) is 9.60. The van der Waals surface area contributed by atoms with Crippen molar-refractivity contribution in [3.05, 3.63) is 55.9 Å². The second-order valence-corrected chi connectivity index (χ2v) is 9.17. The molecule has 31 heavy (non-hydrogen) atoms. The maximum absolute atomic E-state index is 12.4. The minimum absolute atomic E-state index is 0.0877. The lowest BCUT2D eigenvalue weighted by atomic mass is 10.2. The zero-order valence-corrected chi connectivity index (χ0v) is 21.1. The van der Waals surface area contributed by atoms with Crippen molar-refractivity contribution in [1.29, 1.82) is 0 Å². The predicted octanol–water partition coefficient (Wildman–Crippen LogP) is 5.19.